The minimum Gasteiger partial charge on any atom is -0.351 e. The van der Waals surface area contributed by atoms with E-state index in [1.165, 1.54) is 32.1 Å². The Bertz CT molecular complexity index is 171. The van der Waals surface area contributed by atoms with Crippen molar-refractivity contribution in [1.29, 1.82) is 0 Å². The van der Waals surface area contributed by atoms with Gasteiger partial charge in [0.2, 0.25) is 0 Å². The lowest BCUT2D eigenvalue weighted by Gasteiger charge is -2.27. The van der Waals surface area contributed by atoms with E-state index in [9.17, 15) is 0 Å². The first-order chi connectivity index (χ1) is 6.47. The molecule has 2 heteroatoms. The molecule has 0 aromatic carbocycles. The first-order valence-corrected chi connectivity index (χ1v) is 5.33. The van der Waals surface area contributed by atoms with Crippen molar-refractivity contribution in [2.45, 2.75) is 38.2 Å². The molecule has 1 aliphatic carbocycles. The Labute approximate surface area is 79.9 Å². The van der Waals surface area contributed by atoms with E-state index in [-0.39, 0.29) is 0 Å². The van der Waals surface area contributed by atoms with Gasteiger partial charge < -0.3 is 9.47 Å². The third kappa shape index (κ3) is 2.55. The first kappa shape index (κ1) is 9.22. The second kappa shape index (κ2) is 4.77. The van der Waals surface area contributed by atoms with Gasteiger partial charge in [-0.1, -0.05) is 31.4 Å². The number of ether oxygens (including phenoxy) is 2. The minimum absolute atomic E-state index is 0.322. The van der Waals surface area contributed by atoms with Crippen LogP contribution < -0.4 is 0 Å². The smallest absolute Gasteiger partial charge is 0.147 e. The molecule has 74 valence electrons. The fraction of sp³-hybridized carbons (Fsp3) is 0.818. The van der Waals surface area contributed by atoms with Crippen molar-refractivity contribution in [2.75, 3.05) is 13.4 Å². The Kier molecular flexibility index (Phi) is 3.39. The second-order valence-electron chi connectivity index (χ2n) is 3.95. The normalized spacial score (nSPS) is 31.5. The summed E-state index contributed by atoms with van der Waals surface area (Å²) in [5.74, 6) is 0.742. The predicted octanol–water partition coefficient (Wildman–Crippen LogP) is 2.50. The highest BCUT2D eigenvalue weighted by molar-refractivity contribution is 4.94. The molecule has 0 aromatic heterocycles. The second-order valence-corrected chi connectivity index (χ2v) is 3.95. The summed E-state index contributed by atoms with van der Waals surface area (Å²) in [5, 5.41) is 0. The summed E-state index contributed by atoms with van der Waals surface area (Å²) >= 11 is 0. The summed E-state index contributed by atoms with van der Waals surface area (Å²) in [6.07, 6.45) is 11.4. The van der Waals surface area contributed by atoms with Crippen LogP contribution in [0.3, 0.4) is 0 Å². The van der Waals surface area contributed by atoms with Gasteiger partial charge in [0.1, 0.15) is 6.79 Å². The highest BCUT2D eigenvalue weighted by Crippen LogP contribution is 2.29. The maximum absolute atomic E-state index is 5.63. The van der Waals surface area contributed by atoms with Gasteiger partial charge >= 0.3 is 0 Å². The fourth-order valence-corrected chi connectivity index (χ4v) is 2.24. The average Bonchev–Trinajstić information content (AvgIpc) is 2.47. The number of hydrogen-bond acceptors (Lipinski definition) is 2. The van der Waals surface area contributed by atoms with Crippen LogP contribution in [-0.2, 0) is 9.47 Å². The molecular formula is C11H18O2. The lowest BCUT2D eigenvalue weighted by molar-refractivity contribution is -0.0797. The molecule has 1 saturated carbocycles. The zero-order valence-corrected chi connectivity index (χ0v) is 8.08. The van der Waals surface area contributed by atoms with E-state index in [2.05, 4.69) is 12.2 Å². The van der Waals surface area contributed by atoms with Gasteiger partial charge in [-0.25, -0.2) is 0 Å². The molecule has 0 N–H and O–H groups in total. The SMILES string of the molecule is C1=CC(C2CCCCC2)OCOC1. The van der Waals surface area contributed by atoms with Crippen molar-refractivity contribution < 1.29 is 9.47 Å². The lowest BCUT2D eigenvalue weighted by Crippen LogP contribution is -2.24. The zero-order valence-electron chi connectivity index (χ0n) is 8.08. The Morgan fingerprint density at radius 1 is 1.08 bits per heavy atom. The van der Waals surface area contributed by atoms with Gasteiger partial charge in [0, 0.05) is 0 Å². The molecule has 0 amide bonds. The van der Waals surface area contributed by atoms with Gasteiger partial charge in [0.15, 0.2) is 0 Å². The van der Waals surface area contributed by atoms with E-state index in [0.717, 1.165) is 5.92 Å². The van der Waals surface area contributed by atoms with Crippen molar-refractivity contribution in [2.24, 2.45) is 5.92 Å². The summed E-state index contributed by atoms with van der Waals surface area (Å²) < 4.78 is 10.8. The van der Waals surface area contributed by atoms with E-state index in [0.29, 0.717) is 19.5 Å². The highest BCUT2D eigenvalue weighted by atomic mass is 16.7. The van der Waals surface area contributed by atoms with E-state index in [1.54, 1.807) is 0 Å². The van der Waals surface area contributed by atoms with Crippen LogP contribution >= 0.6 is 0 Å². The predicted molar refractivity (Wildman–Crippen MR) is 51.4 cm³/mol. The Morgan fingerprint density at radius 2 is 1.92 bits per heavy atom. The summed E-state index contributed by atoms with van der Waals surface area (Å²) in [6.45, 7) is 1.18. The molecule has 2 nitrogen and oxygen atoms in total. The van der Waals surface area contributed by atoms with Crippen LogP contribution in [0.4, 0.5) is 0 Å². The van der Waals surface area contributed by atoms with Gasteiger partial charge in [0.25, 0.3) is 0 Å². The van der Waals surface area contributed by atoms with E-state index in [1.807, 2.05) is 0 Å². The molecule has 0 bridgehead atoms. The molecule has 1 heterocycles. The maximum Gasteiger partial charge on any atom is 0.147 e. The van der Waals surface area contributed by atoms with E-state index < -0.39 is 0 Å². The van der Waals surface area contributed by atoms with Gasteiger partial charge in [-0.05, 0) is 18.8 Å². The summed E-state index contributed by atoms with van der Waals surface area (Å²) in [6, 6.07) is 0. The van der Waals surface area contributed by atoms with Crippen molar-refractivity contribution >= 4 is 0 Å². The Hall–Kier alpha value is -0.340. The summed E-state index contributed by atoms with van der Waals surface area (Å²) in [5.41, 5.74) is 0. The largest absolute Gasteiger partial charge is 0.351 e. The van der Waals surface area contributed by atoms with Crippen molar-refractivity contribution in [3.05, 3.63) is 12.2 Å². The van der Waals surface area contributed by atoms with Crippen LogP contribution in [0, 0.1) is 5.92 Å². The van der Waals surface area contributed by atoms with Gasteiger partial charge in [-0.15, -0.1) is 0 Å². The van der Waals surface area contributed by atoms with Crippen molar-refractivity contribution in [3.8, 4) is 0 Å². The van der Waals surface area contributed by atoms with Gasteiger partial charge in [-0.2, -0.15) is 0 Å². The molecule has 1 aliphatic heterocycles. The number of rotatable bonds is 1. The van der Waals surface area contributed by atoms with Crippen molar-refractivity contribution in [1.82, 2.24) is 0 Å². The Balaban J connectivity index is 1.89. The maximum atomic E-state index is 5.63. The molecule has 0 aromatic rings. The Morgan fingerprint density at radius 3 is 2.77 bits per heavy atom. The third-order valence-electron chi connectivity index (χ3n) is 3.00. The summed E-state index contributed by atoms with van der Waals surface area (Å²) in [4.78, 5) is 0. The number of hydrogen-bond donors (Lipinski definition) is 0. The molecule has 13 heavy (non-hydrogen) atoms. The lowest BCUT2D eigenvalue weighted by atomic mass is 9.85. The van der Waals surface area contributed by atoms with Gasteiger partial charge in [-0.3, -0.25) is 0 Å². The molecule has 1 fully saturated rings. The van der Waals surface area contributed by atoms with E-state index >= 15 is 0 Å². The van der Waals surface area contributed by atoms with Crippen LogP contribution in [0.2, 0.25) is 0 Å². The van der Waals surface area contributed by atoms with Crippen LogP contribution in [0.25, 0.3) is 0 Å². The summed E-state index contributed by atoms with van der Waals surface area (Å²) in [7, 11) is 0. The van der Waals surface area contributed by atoms with E-state index in [4.69, 9.17) is 9.47 Å². The molecule has 2 rings (SSSR count). The topological polar surface area (TPSA) is 18.5 Å². The molecular weight excluding hydrogens is 164 g/mol. The monoisotopic (exact) mass is 182 g/mol. The van der Waals surface area contributed by atoms with Crippen molar-refractivity contribution in [3.63, 3.8) is 0 Å². The molecule has 2 aliphatic rings. The van der Waals surface area contributed by atoms with Crippen LogP contribution in [0.5, 0.6) is 0 Å². The third-order valence-corrected chi connectivity index (χ3v) is 3.00. The molecule has 0 saturated heterocycles. The minimum atomic E-state index is 0.322. The molecule has 1 atom stereocenters. The standard InChI is InChI=1S/C11H18O2/c1-2-5-10(6-3-1)11-7-4-8-12-9-13-11/h4,7,10-11H,1-3,5-6,8-9H2. The molecule has 1 unspecified atom stereocenters. The fourth-order valence-electron chi connectivity index (χ4n) is 2.24. The highest BCUT2D eigenvalue weighted by Gasteiger charge is 2.22. The van der Waals surface area contributed by atoms with Crippen LogP contribution in [0.15, 0.2) is 12.2 Å². The van der Waals surface area contributed by atoms with Gasteiger partial charge in [0.05, 0.1) is 12.7 Å². The quantitative estimate of drug-likeness (QED) is 0.580. The first-order valence-electron chi connectivity index (χ1n) is 5.33. The molecule has 0 spiro atoms. The molecule has 0 radical (unpaired) electrons. The zero-order chi connectivity index (χ0) is 8.93. The van der Waals surface area contributed by atoms with Crippen LogP contribution in [0.1, 0.15) is 32.1 Å². The van der Waals surface area contributed by atoms with Crippen LogP contribution in [-0.4, -0.2) is 19.5 Å². The average molecular weight is 182 g/mol.